The van der Waals surface area contributed by atoms with E-state index in [1.807, 2.05) is 24.5 Å². The number of amides is 4. The molecule has 2 atom stereocenters. The Morgan fingerprint density at radius 3 is 2.58 bits per heavy atom. The first-order chi connectivity index (χ1) is 17.3. The lowest BCUT2D eigenvalue weighted by atomic mass is 10.0. The second-order valence-corrected chi connectivity index (χ2v) is 10.2. The highest BCUT2D eigenvalue weighted by Gasteiger charge is 2.50. The molecule has 11 heteroatoms. The topological polar surface area (TPSA) is 76.2 Å². The van der Waals surface area contributed by atoms with Gasteiger partial charge in [-0.1, -0.05) is 41.9 Å². The van der Waals surface area contributed by atoms with Gasteiger partial charge in [-0.15, -0.1) is 0 Å². The van der Waals surface area contributed by atoms with Crippen molar-refractivity contribution < 1.29 is 18.8 Å². The highest BCUT2D eigenvalue weighted by Crippen LogP contribution is 2.29. The van der Waals surface area contributed by atoms with Crippen LogP contribution in [0.1, 0.15) is 17.5 Å². The van der Waals surface area contributed by atoms with Gasteiger partial charge in [-0.2, -0.15) is 11.8 Å². The Morgan fingerprint density at radius 2 is 1.89 bits per heavy atom. The number of nitrogens with one attached hydrogen (secondary N) is 1. The zero-order valence-electron chi connectivity index (χ0n) is 20.2. The zero-order valence-corrected chi connectivity index (χ0v) is 21.8. The Balaban J connectivity index is 1.60. The predicted molar refractivity (Wildman–Crippen MR) is 137 cm³/mol. The average molecular weight is 534 g/mol. The van der Waals surface area contributed by atoms with Gasteiger partial charge in [0.15, 0.2) is 0 Å². The number of piperazine rings is 1. The first-order valence-electron chi connectivity index (χ1n) is 11.6. The van der Waals surface area contributed by atoms with Crippen molar-refractivity contribution in [3.63, 3.8) is 0 Å². The normalized spacial score (nSPS) is 20.5. The third kappa shape index (κ3) is 5.61. The van der Waals surface area contributed by atoms with E-state index in [1.165, 1.54) is 17.1 Å². The fourth-order valence-corrected chi connectivity index (χ4v) is 5.30. The summed E-state index contributed by atoms with van der Waals surface area (Å²) in [7, 11) is 1.68. The Labute approximate surface area is 219 Å². The molecule has 4 rings (SSSR count). The highest BCUT2D eigenvalue weighted by molar-refractivity contribution is 7.98. The summed E-state index contributed by atoms with van der Waals surface area (Å²) in [6.07, 6.45) is 1.76. The number of thioether (sulfide) groups is 1. The third-order valence-corrected chi connectivity index (χ3v) is 7.43. The molecule has 2 aliphatic rings. The van der Waals surface area contributed by atoms with Crippen LogP contribution >= 0.6 is 23.4 Å². The quantitative estimate of drug-likeness (QED) is 0.591. The number of hydrogen-bond donors (Lipinski definition) is 1. The van der Waals surface area contributed by atoms with Crippen molar-refractivity contribution in [1.29, 1.82) is 0 Å². The predicted octanol–water partition coefficient (Wildman–Crippen LogP) is 3.17. The monoisotopic (exact) mass is 533 g/mol. The van der Waals surface area contributed by atoms with Gasteiger partial charge < -0.3 is 15.1 Å². The number of carbonyl (C=O) groups is 3. The number of hydrazine groups is 1. The van der Waals surface area contributed by atoms with E-state index in [2.05, 4.69) is 5.32 Å². The molecule has 0 spiro atoms. The number of hydrogen-bond acceptors (Lipinski definition) is 5. The van der Waals surface area contributed by atoms with Crippen molar-refractivity contribution in [2.75, 3.05) is 32.1 Å². The lowest BCUT2D eigenvalue weighted by molar-refractivity contribution is -0.187. The molecule has 2 aromatic rings. The van der Waals surface area contributed by atoms with Crippen molar-refractivity contribution in [3.05, 3.63) is 70.5 Å². The van der Waals surface area contributed by atoms with Crippen molar-refractivity contribution >= 4 is 41.2 Å². The standard InChI is InChI=1S/C25H29ClFN5O3S/c1-29-16-23(33)31-21(11-12-36-2)24(34)30(14-18-5-3-4-6-20(18)26)15-22(31)32(29)25(35)28-13-17-7-9-19(27)10-8-17/h3-10,21-22H,11-16H2,1-2H3,(H,28,35)/t21-,22-/m0/s1. The molecule has 2 heterocycles. The minimum Gasteiger partial charge on any atom is -0.333 e. The molecule has 1 N–H and O–H groups in total. The van der Waals surface area contributed by atoms with Crippen LogP contribution in [0.4, 0.5) is 9.18 Å². The van der Waals surface area contributed by atoms with E-state index >= 15 is 0 Å². The van der Waals surface area contributed by atoms with Crippen LogP contribution in [0.15, 0.2) is 48.5 Å². The summed E-state index contributed by atoms with van der Waals surface area (Å²) in [5.41, 5.74) is 1.54. The minimum absolute atomic E-state index is 0.0198. The maximum Gasteiger partial charge on any atom is 0.334 e. The summed E-state index contributed by atoms with van der Waals surface area (Å²) in [5, 5.41) is 6.51. The first-order valence-corrected chi connectivity index (χ1v) is 13.4. The second kappa shape index (κ2) is 11.5. The fourth-order valence-electron chi connectivity index (χ4n) is 4.65. The summed E-state index contributed by atoms with van der Waals surface area (Å²) in [5.74, 6) is 0.00268. The van der Waals surface area contributed by atoms with E-state index in [1.54, 1.807) is 51.8 Å². The van der Waals surface area contributed by atoms with E-state index < -0.39 is 18.2 Å². The van der Waals surface area contributed by atoms with Gasteiger partial charge in [0.2, 0.25) is 11.8 Å². The van der Waals surface area contributed by atoms with Crippen LogP contribution in [0.3, 0.4) is 0 Å². The van der Waals surface area contributed by atoms with Crippen molar-refractivity contribution in [3.8, 4) is 0 Å². The number of fused-ring (bicyclic) bond motifs is 1. The van der Waals surface area contributed by atoms with Crippen LogP contribution < -0.4 is 5.32 Å². The van der Waals surface area contributed by atoms with Gasteiger partial charge in [0.1, 0.15) is 18.0 Å². The Morgan fingerprint density at radius 1 is 1.17 bits per heavy atom. The number of nitrogens with zero attached hydrogens (tertiary/aromatic N) is 4. The van der Waals surface area contributed by atoms with E-state index in [4.69, 9.17) is 11.6 Å². The van der Waals surface area contributed by atoms with Crippen LogP contribution in [0.5, 0.6) is 0 Å². The van der Waals surface area contributed by atoms with Crippen LogP contribution in [0.25, 0.3) is 0 Å². The Hall–Kier alpha value is -2.82. The number of rotatable bonds is 7. The number of carbonyl (C=O) groups excluding carboxylic acids is 3. The highest BCUT2D eigenvalue weighted by atomic mass is 35.5. The van der Waals surface area contributed by atoms with E-state index in [0.717, 1.165) is 11.1 Å². The minimum atomic E-state index is -0.674. The molecular formula is C25H29ClFN5O3S. The van der Waals surface area contributed by atoms with Crippen LogP contribution in [-0.4, -0.2) is 82.0 Å². The lowest BCUT2D eigenvalue weighted by Crippen LogP contribution is -2.75. The van der Waals surface area contributed by atoms with Crippen LogP contribution in [-0.2, 0) is 22.7 Å². The molecule has 2 aromatic carbocycles. The van der Waals surface area contributed by atoms with Gasteiger partial charge >= 0.3 is 6.03 Å². The molecule has 192 valence electrons. The Kier molecular flexibility index (Phi) is 8.38. The lowest BCUT2D eigenvalue weighted by Gasteiger charge is -2.54. The molecule has 0 aromatic heterocycles. The van der Waals surface area contributed by atoms with Crippen molar-refractivity contribution in [2.24, 2.45) is 0 Å². The van der Waals surface area contributed by atoms with Gasteiger partial charge in [-0.3, -0.25) is 9.59 Å². The second-order valence-electron chi connectivity index (χ2n) is 8.83. The SMILES string of the molecule is CSCC[C@H]1C(=O)N(Cc2ccccc2Cl)C[C@H]2N1C(=O)CN(C)N2C(=O)NCc1ccc(F)cc1. The summed E-state index contributed by atoms with van der Waals surface area (Å²) in [4.78, 5) is 43.3. The molecule has 36 heavy (non-hydrogen) atoms. The number of benzene rings is 2. The fraction of sp³-hybridized carbons (Fsp3) is 0.400. The number of halogens is 2. The molecule has 2 aliphatic heterocycles. The third-order valence-electron chi connectivity index (χ3n) is 6.42. The average Bonchev–Trinajstić information content (AvgIpc) is 2.85. The summed E-state index contributed by atoms with van der Waals surface area (Å²) in [6, 6.07) is 12.1. The molecule has 4 amide bonds. The summed E-state index contributed by atoms with van der Waals surface area (Å²) < 4.78 is 13.2. The molecule has 2 fully saturated rings. The maximum absolute atomic E-state index is 13.6. The van der Waals surface area contributed by atoms with E-state index in [9.17, 15) is 18.8 Å². The van der Waals surface area contributed by atoms with Crippen LogP contribution in [0.2, 0.25) is 5.02 Å². The van der Waals surface area contributed by atoms with Gasteiger partial charge in [-0.25, -0.2) is 19.2 Å². The smallest absolute Gasteiger partial charge is 0.333 e. The molecular weight excluding hydrogens is 505 g/mol. The Bertz CT molecular complexity index is 1120. The molecule has 0 radical (unpaired) electrons. The van der Waals surface area contributed by atoms with Gasteiger partial charge in [-0.05, 0) is 47.8 Å². The van der Waals surface area contributed by atoms with Gasteiger partial charge in [0.25, 0.3) is 0 Å². The van der Waals surface area contributed by atoms with Crippen molar-refractivity contribution in [2.45, 2.75) is 31.7 Å². The zero-order chi connectivity index (χ0) is 25.8. The molecule has 0 aliphatic carbocycles. The van der Waals surface area contributed by atoms with E-state index in [-0.39, 0.29) is 43.8 Å². The number of likely N-dealkylation sites (N-methyl/N-ethyl adjacent to an activating group) is 1. The van der Waals surface area contributed by atoms with Gasteiger partial charge in [0, 0.05) is 25.2 Å². The van der Waals surface area contributed by atoms with Crippen molar-refractivity contribution in [1.82, 2.24) is 25.1 Å². The molecule has 0 saturated carbocycles. The number of urea groups is 1. The molecule has 0 unspecified atom stereocenters. The van der Waals surface area contributed by atoms with E-state index in [0.29, 0.717) is 17.2 Å². The molecule has 0 bridgehead atoms. The maximum atomic E-state index is 13.6. The molecule has 8 nitrogen and oxygen atoms in total. The first kappa shape index (κ1) is 26.2. The van der Waals surface area contributed by atoms with Gasteiger partial charge in [0.05, 0.1) is 13.1 Å². The van der Waals surface area contributed by atoms with Crippen LogP contribution in [0, 0.1) is 5.82 Å². The summed E-state index contributed by atoms with van der Waals surface area (Å²) >= 11 is 7.97. The largest absolute Gasteiger partial charge is 0.334 e. The molecule has 2 saturated heterocycles. The summed E-state index contributed by atoms with van der Waals surface area (Å²) in [6.45, 7) is 0.609.